The first-order valence-corrected chi connectivity index (χ1v) is 5.93. The van der Waals surface area contributed by atoms with Gasteiger partial charge >= 0.3 is 0 Å². The van der Waals surface area contributed by atoms with Crippen LogP contribution >= 0.6 is 0 Å². The van der Waals surface area contributed by atoms with E-state index in [1.807, 2.05) is 42.5 Å². The summed E-state index contributed by atoms with van der Waals surface area (Å²) in [6.07, 6.45) is 1.98. The third-order valence-corrected chi connectivity index (χ3v) is 2.96. The maximum absolute atomic E-state index is 10.8. The zero-order valence-corrected chi connectivity index (χ0v) is 10.1. The summed E-state index contributed by atoms with van der Waals surface area (Å²) in [6, 6.07) is 18.0. The second-order valence-electron chi connectivity index (χ2n) is 4.13. The number of oxazole rings is 1. The van der Waals surface area contributed by atoms with Gasteiger partial charge in [0.15, 0.2) is 18.4 Å². The van der Waals surface area contributed by atoms with Crippen molar-refractivity contribution in [3.63, 3.8) is 0 Å². The maximum atomic E-state index is 10.8. The smallest absolute Gasteiger partial charge is 0.182 e. The number of benzene rings is 2. The number of hydrogen-bond donors (Lipinski definition) is 0. The van der Waals surface area contributed by atoms with Gasteiger partial charge in [-0.3, -0.25) is 4.79 Å². The number of hydrogen-bond acceptors (Lipinski definition) is 3. The van der Waals surface area contributed by atoms with Gasteiger partial charge in [0.1, 0.15) is 5.69 Å². The molecule has 3 rings (SSSR count). The monoisotopic (exact) mass is 249 g/mol. The van der Waals surface area contributed by atoms with Crippen molar-refractivity contribution < 1.29 is 9.21 Å². The number of aromatic nitrogens is 1. The molecule has 1 aromatic heterocycles. The molecule has 0 spiro atoms. The van der Waals surface area contributed by atoms with Crippen molar-refractivity contribution in [3.05, 3.63) is 66.7 Å². The summed E-state index contributed by atoms with van der Waals surface area (Å²) in [5.74, 6) is 0.509. The molecule has 3 nitrogen and oxygen atoms in total. The van der Waals surface area contributed by atoms with Gasteiger partial charge in [0.2, 0.25) is 0 Å². The van der Waals surface area contributed by atoms with Crippen LogP contribution in [0.3, 0.4) is 0 Å². The zero-order chi connectivity index (χ0) is 13.1. The lowest BCUT2D eigenvalue weighted by molar-refractivity contribution is 0.112. The number of carbonyl (C=O) groups excluding carboxylic acids is 1. The van der Waals surface area contributed by atoms with Crippen molar-refractivity contribution in [1.29, 1.82) is 0 Å². The van der Waals surface area contributed by atoms with E-state index in [0.29, 0.717) is 17.7 Å². The SMILES string of the molecule is O=Cc1ncoc1-c1ccc(-c2ccccc2)cc1. The highest BCUT2D eigenvalue weighted by atomic mass is 16.3. The highest BCUT2D eigenvalue weighted by Crippen LogP contribution is 2.26. The first-order chi connectivity index (χ1) is 9.38. The highest BCUT2D eigenvalue weighted by molar-refractivity contribution is 5.82. The minimum absolute atomic E-state index is 0.326. The molecule has 2 aromatic carbocycles. The number of aldehydes is 1. The molecule has 3 heteroatoms. The Morgan fingerprint density at radius 1 is 0.842 bits per heavy atom. The van der Waals surface area contributed by atoms with Crippen molar-refractivity contribution in [1.82, 2.24) is 4.98 Å². The van der Waals surface area contributed by atoms with Gasteiger partial charge in [-0.15, -0.1) is 0 Å². The second-order valence-corrected chi connectivity index (χ2v) is 4.13. The molecular weight excluding hydrogens is 238 g/mol. The maximum Gasteiger partial charge on any atom is 0.182 e. The third-order valence-electron chi connectivity index (χ3n) is 2.96. The summed E-state index contributed by atoms with van der Waals surface area (Å²) in [7, 11) is 0. The second kappa shape index (κ2) is 4.90. The molecule has 0 bridgehead atoms. The van der Waals surface area contributed by atoms with Gasteiger partial charge in [-0.1, -0.05) is 54.6 Å². The quantitative estimate of drug-likeness (QED) is 0.663. The highest BCUT2D eigenvalue weighted by Gasteiger charge is 2.09. The van der Waals surface area contributed by atoms with Crippen molar-refractivity contribution in [2.24, 2.45) is 0 Å². The Hall–Kier alpha value is -2.68. The van der Waals surface area contributed by atoms with Gasteiger partial charge in [0.25, 0.3) is 0 Å². The van der Waals surface area contributed by atoms with Crippen molar-refractivity contribution >= 4 is 6.29 Å². The summed E-state index contributed by atoms with van der Waals surface area (Å²) in [5.41, 5.74) is 3.45. The Morgan fingerprint density at radius 2 is 1.47 bits per heavy atom. The van der Waals surface area contributed by atoms with Crippen LogP contribution in [0, 0.1) is 0 Å². The van der Waals surface area contributed by atoms with Gasteiger partial charge in [-0.25, -0.2) is 4.98 Å². The van der Waals surface area contributed by atoms with Crippen LogP contribution in [-0.2, 0) is 0 Å². The van der Waals surface area contributed by atoms with Crippen LogP contribution in [0.5, 0.6) is 0 Å². The predicted molar refractivity (Wildman–Crippen MR) is 72.8 cm³/mol. The minimum Gasteiger partial charge on any atom is -0.443 e. The Bertz CT molecular complexity index is 684. The summed E-state index contributed by atoms with van der Waals surface area (Å²) in [5, 5.41) is 0. The van der Waals surface area contributed by atoms with E-state index in [4.69, 9.17) is 4.42 Å². The lowest BCUT2D eigenvalue weighted by Crippen LogP contribution is -1.84. The van der Waals surface area contributed by atoms with Gasteiger partial charge in [0, 0.05) is 5.56 Å². The molecule has 19 heavy (non-hydrogen) atoms. The van der Waals surface area contributed by atoms with Crippen LogP contribution in [0.15, 0.2) is 65.4 Å². The Kier molecular flexibility index (Phi) is 2.94. The van der Waals surface area contributed by atoms with E-state index < -0.39 is 0 Å². The lowest BCUT2D eigenvalue weighted by atomic mass is 10.0. The summed E-state index contributed by atoms with van der Waals surface area (Å²) >= 11 is 0. The fourth-order valence-corrected chi connectivity index (χ4v) is 2.00. The first kappa shape index (κ1) is 11.4. The van der Waals surface area contributed by atoms with E-state index in [1.165, 1.54) is 6.39 Å². The number of nitrogens with zero attached hydrogens (tertiary/aromatic N) is 1. The van der Waals surface area contributed by atoms with Crippen LogP contribution in [0.2, 0.25) is 0 Å². The Morgan fingerprint density at radius 3 is 2.16 bits per heavy atom. The lowest BCUT2D eigenvalue weighted by Gasteiger charge is -2.02. The molecule has 3 aromatic rings. The molecule has 0 saturated carbocycles. The van der Waals surface area contributed by atoms with Crippen molar-refractivity contribution in [2.75, 3.05) is 0 Å². The predicted octanol–water partition coefficient (Wildman–Crippen LogP) is 3.82. The molecule has 0 N–H and O–H groups in total. The molecule has 0 saturated heterocycles. The Labute approximate surface area is 110 Å². The van der Waals surface area contributed by atoms with Gasteiger partial charge in [-0.2, -0.15) is 0 Å². The van der Waals surface area contributed by atoms with Gasteiger partial charge in [-0.05, 0) is 11.1 Å². The molecular formula is C16H11NO2. The summed E-state index contributed by atoms with van der Waals surface area (Å²) in [4.78, 5) is 14.7. The Balaban J connectivity index is 1.98. The molecule has 0 aliphatic rings. The molecule has 0 amide bonds. The summed E-state index contributed by atoms with van der Waals surface area (Å²) in [6.45, 7) is 0. The fraction of sp³-hybridized carbons (Fsp3) is 0. The molecule has 0 unspecified atom stereocenters. The van der Waals surface area contributed by atoms with Crippen LogP contribution in [0.4, 0.5) is 0 Å². The molecule has 0 atom stereocenters. The molecule has 0 fully saturated rings. The van der Waals surface area contributed by atoms with E-state index in [9.17, 15) is 4.79 Å². The molecule has 92 valence electrons. The largest absolute Gasteiger partial charge is 0.443 e. The average molecular weight is 249 g/mol. The van der Waals surface area contributed by atoms with Crippen LogP contribution in [-0.4, -0.2) is 11.3 Å². The minimum atomic E-state index is 0.326. The average Bonchev–Trinajstić information content (AvgIpc) is 2.97. The standard InChI is InChI=1S/C16H11NO2/c18-10-15-16(19-11-17-15)14-8-6-13(7-9-14)12-4-2-1-3-5-12/h1-11H. The van der Waals surface area contributed by atoms with Crippen LogP contribution in [0.25, 0.3) is 22.5 Å². The molecule has 1 heterocycles. The van der Waals surface area contributed by atoms with Crippen molar-refractivity contribution in [2.45, 2.75) is 0 Å². The number of rotatable bonds is 3. The molecule has 0 radical (unpaired) electrons. The van der Waals surface area contributed by atoms with Crippen LogP contribution < -0.4 is 0 Å². The van der Waals surface area contributed by atoms with Crippen LogP contribution in [0.1, 0.15) is 10.5 Å². The first-order valence-electron chi connectivity index (χ1n) is 5.93. The fourth-order valence-electron chi connectivity index (χ4n) is 2.00. The van der Waals surface area contributed by atoms with E-state index in [2.05, 4.69) is 17.1 Å². The normalized spacial score (nSPS) is 10.3. The van der Waals surface area contributed by atoms with E-state index >= 15 is 0 Å². The molecule has 0 aliphatic heterocycles. The van der Waals surface area contributed by atoms with Gasteiger partial charge in [0.05, 0.1) is 0 Å². The van der Waals surface area contributed by atoms with Crippen molar-refractivity contribution in [3.8, 4) is 22.5 Å². The van der Waals surface area contributed by atoms with E-state index in [-0.39, 0.29) is 0 Å². The third kappa shape index (κ3) is 2.18. The zero-order valence-electron chi connectivity index (χ0n) is 10.1. The van der Waals surface area contributed by atoms with Gasteiger partial charge < -0.3 is 4.42 Å². The topological polar surface area (TPSA) is 43.1 Å². The van der Waals surface area contributed by atoms with E-state index in [0.717, 1.165) is 16.7 Å². The number of carbonyl (C=O) groups is 1. The summed E-state index contributed by atoms with van der Waals surface area (Å²) < 4.78 is 5.24. The molecule has 0 aliphatic carbocycles. The van der Waals surface area contributed by atoms with E-state index in [1.54, 1.807) is 0 Å².